The highest BCUT2D eigenvalue weighted by Gasteiger charge is 2.01. The molecule has 0 amide bonds. The van der Waals surface area contributed by atoms with Crippen LogP contribution in [-0.4, -0.2) is 18.8 Å². The zero-order chi connectivity index (χ0) is 9.52. The summed E-state index contributed by atoms with van der Waals surface area (Å²) in [5.41, 5.74) is 0. The van der Waals surface area contributed by atoms with Crippen LogP contribution < -0.4 is 4.18 Å². The summed E-state index contributed by atoms with van der Waals surface area (Å²) in [6.45, 7) is 0. The van der Waals surface area contributed by atoms with Crippen molar-refractivity contribution >= 4 is 18.0 Å². The van der Waals surface area contributed by atoms with Crippen LogP contribution in [0.5, 0.6) is 5.75 Å². The van der Waals surface area contributed by atoms with E-state index in [0.717, 1.165) is 17.8 Å². The zero-order valence-corrected chi connectivity index (χ0v) is 8.04. The molecule has 0 saturated heterocycles. The van der Waals surface area contributed by atoms with Crippen LogP contribution in [0.25, 0.3) is 0 Å². The van der Waals surface area contributed by atoms with Crippen LogP contribution in [0.4, 0.5) is 0 Å². The van der Waals surface area contributed by atoms with E-state index in [1.807, 2.05) is 30.3 Å². The minimum absolute atomic E-state index is 0.200. The number of benzene rings is 1. The smallest absolute Gasteiger partial charge is 0.319 e. The van der Waals surface area contributed by atoms with Crippen LogP contribution in [0.3, 0.4) is 0 Å². The average Bonchev–Trinajstić information content (AvgIpc) is 2.19. The molecule has 0 fully saturated rings. The van der Waals surface area contributed by atoms with Crippen molar-refractivity contribution in [2.75, 3.05) is 12.9 Å². The van der Waals surface area contributed by atoms with E-state index in [0.29, 0.717) is 0 Å². The van der Waals surface area contributed by atoms with Crippen molar-refractivity contribution in [2.45, 2.75) is 0 Å². The van der Waals surface area contributed by atoms with Gasteiger partial charge in [0, 0.05) is 0 Å². The topological polar surface area (TPSA) is 35.5 Å². The van der Waals surface area contributed by atoms with Crippen molar-refractivity contribution in [1.29, 1.82) is 0 Å². The van der Waals surface area contributed by atoms with E-state index in [4.69, 9.17) is 4.18 Å². The molecule has 0 spiro atoms. The molecule has 0 radical (unpaired) electrons. The number of esters is 1. The molecule has 0 aliphatic carbocycles. The Kier molecular flexibility index (Phi) is 4.18. The second-order valence-electron chi connectivity index (χ2n) is 2.23. The van der Waals surface area contributed by atoms with Gasteiger partial charge >= 0.3 is 5.97 Å². The lowest BCUT2D eigenvalue weighted by molar-refractivity contribution is -0.137. The highest BCUT2D eigenvalue weighted by atomic mass is 32.2. The van der Waals surface area contributed by atoms with Crippen LogP contribution in [0, 0.1) is 0 Å². The molecule has 3 nitrogen and oxygen atoms in total. The third-order valence-electron chi connectivity index (χ3n) is 1.30. The standard InChI is InChI=1S/C9H10O3S/c1-11-9(10)7-13-12-8-5-3-2-4-6-8/h2-6H,7H2,1H3. The molecule has 0 aliphatic rings. The van der Waals surface area contributed by atoms with Gasteiger partial charge in [-0.2, -0.15) is 0 Å². The third kappa shape index (κ3) is 3.85. The van der Waals surface area contributed by atoms with Gasteiger partial charge < -0.3 is 8.92 Å². The van der Waals surface area contributed by atoms with Crippen molar-refractivity contribution < 1.29 is 13.7 Å². The van der Waals surface area contributed by atoms with Gasteiger partial charge in [0.25, 0.3) is 0 Å². The predicted molar refractivity (Wildman–Crippen MR) is 51.5 cm³/mol. The highest BCUT2D eigenvalue weighted by molar-refractivity contribution is 7.95. The van der Waals surface area contributed by atoms with Gasteiger partial charge in [0.15, 0.2) is 0 Å². The molecule has 13 heavy (non-hydrogen) atoms. The minimum atomic E-state index is -0.291. The largest absolute Gasteiger partial charge is 0.468 e. The summed E-state index contributed by atoms with van der Waals surface area (Å²) in [6.07, 6.45) is 0. The van der Waals surface area contributed by atoms with Gasteiger partial charge in [0.2, 0.25) is 0 Å². The van der Waals surface area contributed by atoms with Gasteiger partial charge in [-0.05, 0) is 12.1 Å². The number of carbonyl (C=O) groups excluding carboxylic acids is 1. The Hall–Kier alpha value is -1.16. The fraction of sp³-hybridized carbons (Fsp3) is 0.222. The predicted octanol–water partition coefficient (Wildman–Crippen LogP) is 1.89. The Bertz CT molecular complexity index is 261. The SMILES string of the molecule is COC(=O)CSOc1ccccc1. The minimum Gasteiger partial charge on any atom is -0.468 e. The maximum Gasteiger partial charge on any atom is 0.319 e. The number of carbonyl (C=O) groups is 1. The fourth-order valence-corrected chi connectivity index (χ4v) is 1.20. The zero-order valence-electron chi connectivity index (χ0n) is 7.23. The second kappa shape index (κ2) is 5.48. The van der Waals surface area contributed by atoms with E-state index < -0.39 is 0 Å². The monoisotopic (exact) mass is 198 g/mol. The lowest BCUT2D eigenvalue weighted by atomic mass is 10.3. The molecule has 1 aromatic carbocycles. The Balaban J connectivity index is 2.24. The molecule has 0 atom stereocenters. The summed E-state index contributed by atoms with van der Waals surface area (Å²) in [7, 11) is 1.35. The third-order valence-corrected chi connectivity index (χ3v) is 1.97. The van der Waals surface area contributed by atoms with Crippen molar-refractivity contribution in [3.05, 3.63) is 30.3 Å². The van der Waals surface area contributed by atoms with Gasteiger partial charge in [-0.15, -0.1) is 0 Å². The number of ether oxygens (including phenoxy) is 1. The van der Waals surface area contributed by atoms with E-state index in [9.17, 15) is 4.79 Å². The average molecular weight is 198 g/mol. The molecule has 0 aliphatic heterocycles. The molecule has 4 heteroatoms. The van der Waals surface area contributed by atoms with E-state index in [1.54, 1.807) is 0 Å². The number of hydrogen-bond acceptors (Lipinski definition) is 4. The summed E-state index contributed by atoms with van der Waals surface area (Å²) < 4.78 is 9.64. The normalized spacial score (nSPS) is 9.31. The van der Waals surface area contributed by atoms with E-state index >= 15 is 0 Å². The first kappa shape index (κ1) is 9.92. The van der Waals surface area contributed by atoms with Gasteiger partial charge in [0.05, 0.1) is 19.2 Å². The number of para-hydroxylation sites is 1. The number of methoxy groups -OCH3 is 1. The Labute approximate surface area is 81.2 Å². The lowest BCUT2D eigenvalue weighted by Crippen LogP contribution is -2.04. The van der Waals surface area contributed by atoms with Crippen molar-refractivity contribution in [1.82, 2.24) is 0 Å². The van der Waals surface area contributed by atoms with E-state index in [1.165, 1.54) is 7.11 Å². The summed E-state index contributed by atoms with van der Waals surface area (Å²) in [5, 5.41) is 0. The maximum atomic E-state index is 10.7. The molecule has 0 heterocycles. The van der Waals surface area contributed by atoms with Crippen LogP contribution in [0.15, 0.2) is 30.3 Å². The molecule has 1 aromatic rings. The summed E-state index contributed by atoms with van der Waals surface area (Å²) in [4.78, 5) is 10.7. The Morgan fingerprint density at radius 2 is 2.08 bits per heavy atom. The van der Waals surface area contributed by atoms with Crippen molar-refractivity contribution in [2.24, 2.45) is 0 Å². The van der Waals surface area contributed by atoms with E-state index in [-0.39, 0.29) is 11.7 Å². The molecule has 1 rings (SSSR count). The molecule has 0 aromatic heterocycles. The number of hydrogen-bond donors (Lipinski definition) is 0. The van der Waals surface area contributed by atoms with Crippen molar-refractivity contribution in [3.63, 3.8) is 0 Å². The molecular weight excluding hydrogens is 188 g/mol. The molecule has 0 N–H and O–H groups in total. The molecule has 0 bridgehead atoms. The van der Waals surface area contributed by atoms with E-state index in [2.05, 4.69) is 4.74 Å². The number of rotatable bonds is 4. The molecule has 70 valence electrons. The first-order valence-corrected chi connectivity index (χ1v) is 4.65. The second-order valence-corrected chi connectivity index (χ2v) is 2.93. The first-order chi connectivity index (χ1) is 6.33. The molecule has 0 unspecified atom stereocenters. The highest BCUT2D eigenvalue weighted by Crippen LogP contribution is 2.14. The van der Waals surface area contributed by atoms with Crippen LogP contribution in [0.1, 0.15) is 0 Å². The van der Waals surface area contributed by atoms with Crippen molar-refractivity contribution in [3.8, 4) is 5.75 Å². The van der Waals surface area contributed by atoms with Crippen LogP contribution in [-0.2, 0) is 9.53 Å². The first-order valence-electron chi connectivity index (χ1n) is 3.74. The van der Waals surface area contributed by atoms with Gasteiger partial charge in [0.1, 0.15) is 11.5 Å². The summed E-state index contributed by atoms with van der Waals surface area (Å²) in [5.74, 6) is 0.642. The maximum absolute atomic E-state index is 10.7. The Morgan fingerprint density at radius 1 is 1.38 bits per heavy atom. The van der Waals surface area contributed by atoms with Crippen LogP contribution >= 0.6 is 12.0 Å². The van der Waals surface area contributed by atoms with Gasteiger partial charge in [-0.1, -0.05) is 18.2 Å². The summed E-state index contributed by atoms with van der Waals surface area (Å²) in [6, 6.07) is 9.29. The van der Waals surface area contributed by atoms with Crippen LogP contribution in [0.2, 0.25) is 0 Å². The Morgan fingerprint density at radius 3 is 2.69 bits per heavy atom. The quantitative estimate of drug-likeness (QED) is 0.546. The summed E-state index contributed by atoms with van der Waals surface area (Å²) >= 11 is 1.06. The molecular formula is C9H10O3S. The molecule has 0 saturated carbocycles. The lowest BCUT2D eigenvalue weighted by Gasteiger charge is -2.01. The van der Waals surface area contributed by atoms with Gasteiger partial charge in [-0.3, -0.25) is 4.79 Å². The fourth-order valence-electron chi connectivity index (χ4n) is 0.681. The van der Waals surface area contributed by atoms with Gasteiger partial charge in [-0.25, -0.2) is 0 Å².